The van der Waals surface area contributed by atoms with Crippen molar-refractivity contribution in [2.75, 3.05) is 26.2 Å². The Morgan fingerprint density at radius 1 is 0.469 bits per heavy atom. The molecule has 0 aliphatic heterocycles. The normalized spacial score (nSPS) is 11.5. The number of aliphatic carboxylic acids is 3. The molecule has 0 aliphatic carbocycles. The summed E-state index contributed by atoms with van der Waals surface area (Å²) in [6.45, 7) is 5.11. The maximum absolute atomic E-state index is 11.0. The number of rotatable bonds is 24. The molecule has 0 aromatic heterocycles. The molecule has 32 heavy (non-hydrogen) atoms. The Bertz CT molecular complexity index is 458. The van der Waals surface area contributed by atoms with Gasteiger partial charge in [-0.15, -0.1) is 0 Å². The quantitative estimate of drug-likeness (QED) is 0.126. The van der Waals surface area contributed by atoms with Crippen LogP contribution >= 0.6 is 0 Å². The lowest BCUT2D eigenvalue weighted by molar-refractivity contribution is -0.929. The first kappa shape index (κ1) is 30.4. The van der Waals surface area contributed by atoms with E-state index in [-0.39, 0.29) is 19.3 Å². The van der Waals surface area contributed by atoms with Crippen LogP contribution in [0, 0.1) is 0 Å². The number of quaternary nitrogens is 1. The van der Waals surface area contributed by atoms with Crippen LogP contribution in [0.5, 0.6) is 0 Å². The van der Waals surface area contributed by atoms with Crippen LogP contribution in [0.3, 0.4) is 0 Å². The SMILES string of the molecule is CCCCCCCCCCCCC[N+](CCCC(=O)O)(CCCC(=O)O)CCCC(=O)O. The second-order valence-electron chi connectivity index (χ2n) is 9.26. The number of nitrogens with zero attached hydrogens (tertiary/aromatic N) is 1. The van der Waals surface area contributed by atoms with Crippen molar-refractivity contribution in [1.29, 1.82) is 0 Å². The van der Waals surface area contributed by atoms with E-state index in [0.717, 1.165) is 19.4 Å². The second-order valence-corrected chi connectivity index (χ2v) is 9.26. The Labute approximate surface area is 194 Å². The van der Waals surface area contributed by atoms with E-state index >= 15 is 0 Å². The van der Waals surface area contributed by atoms with Gasteiger partial charge in [0, 0.05) is 19.3 Å². The van der Waals surface area contributed by atoms with Crippen molar-refractivity contribution in [1.82, 2.24) is 0 Å². The van der Waals surface area contributed by atoms with Gasteiger partial charge in [-0.05, 0) is 12.8 Å². The van der Waals surface area contributed by atoms with Gasteiger partial charge in [-0.2, -0.15) is 0 Å². The Kier molecular flexibility index (Phi) is 19.0. The van der Waals surface area contributed by atoms with Gasteiger partial charge in [0.15, 0.2) is 0 Å². The Morgan fingerprint density at radius 3 is 1.06 bits per heavy atom. The summed E-state index contributed by atoms with van der Waals surface area (Å²) in [7, 11) is 0. The predicted molar refractivity (Wildman–Crippen MR) is 127 cm³/mol. The van der Waals surface area contributed by atoms with Crippen molar-refractivity contribution in [3.05, 3.63) is 0 Å². The molecule has 0 spiro atoms. The molecule has 7 heteroatoms. The molecule has 0 radical (unpaired) electrons. The zero-order chi connectivity index (χ0) is 24.1. The molecule has 0 bridgehead atoms. The first-order valence-electron chi connectivity index (χ1n) is 12.8. The summed E-state index contributed by atoms with van der Waals surface area (Å²) in [4.78, 5) is 33.0. The molecule has 0 heterocycles. The largest absolute Gasteiger partial charge is 0.481 e. The molecule has 0 unspecified atom stereocenters. The molecule has 188 valence electrons. The van der Waals surface area contributed by atoms with Crippen LogP contribution in [0.25, 0.3) is 0 Å². The fourth-order valence-electron chi connectivity index (χ4n) is 4.48. The monoisotopic (exact) mass is 458 g/mol. The van der Waals surface area contributed by atoms with Crippen LogP contribution in [-0.2, 0) is 14.4 Å². The van der Waals surface area contributed by atoms with E-state index < -0.39 is 17.9 Å². The van der Waals surface area contributed by atoms with E-state index in [0.29, 0.717) is 43.4 Å². The predicted octanol–water partition coefficient (Wildman–Crippen LogP) is 5.71. The second kappa shape index (κ2) is 20.0. The highest BCUT2D eigenvalue weighted by Gasteiger charge is 2.27. The first-order chi connectivity index (χ1) is 15.3. The molecule has 0 aromatic rings. The maximum Gasteiger partial charge on any atom is 0.303 e. The van der Waals surface area contributed by atoms with Gasteiger partial charge in [-0.3, -0.25) is 14.4 Å². The lowest BCUT2D eigenvalue weighted by Gasteiger charge is -2.39. The minimum atomic E-state index is -0.825. The lowest BCUT2D eigenvalue weighted by atomic mass is 10.0. The molecule has 0 atom stereocenters. The van der Waals surface area contributed by atoms with E-state index in [1.807, 2.05) is 0 Å². The lowest BCUT2D eigenvalue weighted by Crippen LogP contribution is -2.51. The summed E-state index contributed by atoms with van der Waals surface area (Å²) in [5.74, 6) is -2.48. The van der Waals surface area contributed by atoms with E-state index in [1.54, 1.807) is 0 Å². The number of hydrogen-bond donors (Lipinski definition) is 3. The van der Waals surface area contributed by atoms with E-state index in [9.17, 15) is 14.4 Å². The van der Waals surface area contributed by atoms with Crippen molar-refractivity contribution in [2.45, 2.75) is 116 Å². The van der Waals surface area contributed by atoms with Crippen LogP contribution in [0.2, 0.25) is 0 Å². The fourth-order valence-corrected chi connectivity index (χ4v) is 4.48. The number of carboxylic acid groups (broad SMARTS) is 3. The van der Waals surface area contributed by atoms with Crippen molar-refractivity contribution in [3.63, 3.8) is 0 Å². The highest BCUT2D eigenvalue weighted by molar-refractivity contribution is 5.67. The van der Waals surface area contributed by atoms with Crippen molar-refractivity contribution < 1.29 is 34.2 Å². The molecule has 0 saturated heterocycles. The summed E-state index contributed by atoms with van der Waals surface area (Å²) in [6.07, 6.45) is 15.7. The Hall–Kier alpha value is -1.63. The third-order valence-electron chi connectivity index (χ3n) is 6.31. The van der Waals surface area contributed by atoms with E-state index in [4.69, 9.17) is 15.3 Å². The molecule has 0 rings (SSSR count). The van der Waals surface area contributed by atoms with Gasteiger partial charge in [0.25, 0.3) is 0 Å². The van der Waals surface area contributed by atoms with E-state index in [1.165, 1.54) is 57.8 Å². The summed E-state index contributed by atoms with van der Waals surface area (Å²) >= 11 is 0. The van der Waals surface area contributed by atoms with Crippen LogP contribution in [0.4, 0.5) is 0 Å². The molecule has 0 amide bonds. The minimum absolute atomic E-state index is 0.0934. The third-order valence-corrected chi connectivity index (χ3v) is 6.31. The van der Waals surface area contributed by atoms with Crippen molar-refractivity contribution in [3.8, 4) is 0 Å². The molecule has 7 nitrogen and oxygen atoms in total. The van der Waals surface area contributed by atoms with Gasteiger partial charge in [-0.25, -0.2) is 0 Å². The van der Waals surface area contributed by atoms with Crippen molar-refractivity contribution >= 4 is 17.9 Å². The average molecular weight is 459 g/mol. The molecule has 0 saturated carbocycles. The molecule has 3 N–H and O–H groups in total. The fraction of sp³-hybridized carbons (Fsp3) is 0.880. The summed E-state index contributed by atoms with van der Waals surface area (Å²) in [5.41, 5.74) is 0. The molecule has 0 aliphatic rings. The Balaban J connectivity index is 4.53. The Morgan fingerprint density at radius 2 is 0.750 bits per heavy atom. The van der Waals surface area contributed by atoms with Crippen LogP contribution in [0.1, 0.15) is 116 Å². The summed E-state index contributed by atoms with van der Waals surface area (Å²) in [5, 5.41) is 27.1. The highest BCUT2D eigenvalue weighted by Crippen LogP contribution is 2.18. The van der Waals surface area contributed by atoms with Gasteiger partial charge < -0.3 is 19.8 Å². The van der Waals surface area contributed by atoms with Crippen LogP contribution in [-0.4, -0.2) is 63.9 Å². The van der Waals surface area contributed by atoms with Gasteiger partial charge in [0.05, 0.1) is 45.4 Å². The van der Waals surface area contributed by atoms with Crippen molar-refractivity contribution in [2.24, 2.45) is 0 Å². The standard InChI is InChI=1S/C25H47NO6/c1-2-3-4-5-6-7-8-9-10-11-12-19-26(20-13-16-23(27)28,21-14-17-24(29)30)22-15-18-25(31)32/h2-22H2,1H3,(H2-,27,28,29,30,31,32)/p+1. The van der Waals surface area contributed by atoms with Crippen LogP contribution in [0.15, 0.2) is 0 Å². The molecular weight excluding hydrogens is 410 g/mol. The zero-order valence-corrected chi connectivity index (χ0v) is 20.4. The minimum Gasteiger partial charge on any atom is -0.481 e. The number of carboxylic acids is 3. The third kappa shape index (κ3) is 19.1. The molecular formula is C25H48NO6+. The number of hydrogen-bond acceptors (Lipinski definition) is 3. The number of carbonyl (C=O) groups is 3. The van der Waals surface area contributed by atoms with Gasteiger partial charge in [0.2, 0.25) is 0 Å². The topological polar surface area (TPSA) is 112 Å². The number of unbranched alkanes of at least 4 members (excludes halogenated alkanes) is 10. The zero-order valence-electron chi connectivity index (χ0n) is 20.4. The summed E-state index contributed by atoms with van der Waals surface area (Å²) < 4.78 is 0.644. The highest BCUT2D eigenvalue weighted by atomic mass is 16.4. The first-order valence-corrected chi connectivity index (χ1v) is 12.8. The van der Waals surface area contributed by atoms with Gasteiger partial charge in [-0.1, -0.05) is 64.7 Å². The van der Waals surface area contributed by atoms with Gasteiger partial charge in [0.1, 0.15) is 0 Å². The average Bonchev–Trinajstić information content (AvgIpc) is 2.71. The smallest absolute Gasteiger partial charge is 0.303 e. The summed E-state index contributed by atoms with van der Waals surface area (Å²) in [6, 6.07) is 0. The maximum atomic E-state index is 11.0. The van der Waals surface area contributed by atoms with E-state index in [2.05, 4.69) is 6.92 Å². The molecule has 0 aromatic carbocycles. The van der Waals surface area contributed by atoms with Crippen LogP contribution < -0.4 is 0 Å². The van der Waals surface area contributed by atoms with Gasteiger partial charge >= 0.3 is 17.9 Å². The molecule has 0 fully saturated rings.